The van der Waals surface area contributed by atoms with Gasteiger partial charge in [-0.15, -0.1) is 0 Å². The van der Waals surface area contributed by atoms with Gasteiger partial charge in [-0.05, 0) is 6.42 Å². The van der Waals surface area contributed by atoms with Crippen molar-refractivity contribution in [2.45, 2.75) is 25.8 Å². The van der Waals surface area contributed by atoms with Gasteiger partial charge in [0.05, 0.1) is 0 Å². The molecule has 2 N–H and O–H groups in total. The summed E-state index contributed by atoms with van der Waals surface area (Å²) in [4.78, 5) is 35.0. The molecule has 1 saturated heterocycles. The van der Waals surface area contributed by atoms with E-state index >= 15 is 0 Å². The number of hydrogen-bond donors (Lipinski definition) is 2. The fraction of sp³-hybridized carbons (Fsp3) is 0.700. The van der Waals surface area contributed by atoms with Gasteiger partial charge in [-0.3, -0.25) is 9.59 Å². The molecule has 0 spiro atoms. The monoisotopic (exact) mass is 260 g/mol. The molecular formula is C10H16N2O4S. The van der Waals surface area contributed by atoms with Crippen LogP contribution >= 0.6 is 11.8 Å². The molecular weight excluding hydrogens is 244 g/mol. The molecule has 0 aliphatic carbocycles. The van der Waals surface area contributed by atoms with E-state index in [0.29, 0.717) is 19.5 Å². The number of carbonyl (C=O) groups is 3. The lowest BCUT2D eigenvalue weighted by Gasteiger charge is -2.16. The SMILES string of the molecule is CCC(NC(=O)CCN1CCSC1=O)C(=O)O. The summed E-state index contributed by atoms with van der Waals surface area (Å²) >= 11 is 1.24. The Morgan fingerprint density at radius 2 is 2.29 bits per heavy atom. The lowest BCUT2D eigenvalue weighted by molar-refractivity contribution is -0.141. The minimum absolute atomic E-state index is 0.0110. The molecule has 1 aliphatic heterocycles. The predicted molar refractivity (Wildman–Crippen MR) is 63.9 cm³/mol. The van der Waals surface area contributed by atoms with Crippen molar-refractivity contribution < 1.29 is 19.5 Å². The summed E-state index contributed by atoms with van der Waals surface area (Å²) in [6.45, 7) is 2.71. The highest BCUT2D eigenvalue weighted by Gasteiger charge is 2.22. The average molecular weight is 260 g/mol. The molecule has 1 unspecified atom stereocenters. The highest BCUT2D eigenvalue weighted by Crippen LogP contribution is 2.16. The smallest absolute Gasteiger partial charge is 0.326 e. The molecule has 0 saturated carbocycles. The van der Waals surface area contributed by atoms with Crippen LogP contribution in [0.5, 0.6) is 0 Å². The second kappa shape index (κ2) is 6.48. The van der Waals surface area contributed by atoms with Gasteiger partial charge in [-0.1, -0.05) is 18.7 Å². The summed E-state index contributed by atoms with van der Waals surface area (Å²) in [5.41, 5.74) is 0. The summed E-state index contributed by atoms with van der Waals surface area (Å²) in [5, 5.41) is 11.2. The number of nitrogens with one attached hydrogen (secondary N) is 1. The van der Waals surface area contributed by atoms with Gasteiger partial charge in [0, 0.05) is 25.3 Å². The Hall–Kier alpha value is -1.24. The van der Waals surface area contributed by atoms with Crippen molar-refractivity contribution in [2.75, 3.05) is 18.8 Å². The van der Waals surface area contributed by atoms with E-state index in [9.17, 15) is 14.4 Å². The van der Waals surface area contributed by atoms with Crippen LogP contribution in [0.4, 0.5) is 4.79 Å². The summed E-state index contributed by atoms with van der Waals surface area (Å²) in [6, 6.07) is -0.842. The predicted octanol–water partition coefficient (Wildman–Crippen LogP) is 0.525. The van der Waals surface area contributed by atoms with Crippen LogP contribution in [-0.4, -0.2) is 52.0 Å². The molecule has 0 aromatic carbocycles. The maximum absolute atomic E-state index is 11.5. The maximum Gasteiger partial charge on any atom is 0.326 e. The van der Waals surface area contributed by atoms with Gasteiger partial charge in [0.15, 0.2) is 0 Å². The Morgan fingerprint density at radius 3 is 2.76 bits per heavy atom. The summed E-state index contributed by atoms with van der Waals surface area (Å²) < 4.78 is 0. The van der Waals surface area contributed by atoms with Gasteiger partial charge in [0.1, 0.15) is 6.04 Å². The van der Waals surface area contributed by atoms with Crippen molar-refractivity contribution in [3.63, 3.8) is 0 Å². The summed E-state index contributed by atoms with van der Waals surface area (Å²) in [6.07, 6.45) is 0.496. The first-order chi connectivity index (χ1) is 8.04. The van der Waals surface area contributed by atoms with E-state index in [1.54, 1.807) is 11.8 Å². The van der Waals surface area contributed by atoms with Gasteiger partial charge in [0.25, 0.3) is 5.24 Å². The van der Waals surface area contributed by atoms with Gasteiger partial charge < -0.3 is 15.3 Å². The van der Waals surface area contributed by atoms with Crippen molar-refractivity contribution in [2.24, 2.45) is 0 Å². The fourth-order valence-corrected chi connectivity index (χ4v) is 2.32. The van der Waals surface area contributed by atoms with Crippen LogP contribution in [0, 0.1) is 0 Å². The number of carboxylic acids is 1. The van der Waals surface area contributed by atoms with Gasteiger partial charge >= 0.3 is 5.97 Å². The van der Waals surface area contributed by atoms with Crippen LogP contribution in [0.3, 0.4) is 0 Å². The standard InChI is InChI=1S/C10H16N2O4S/c1-2-7(9(14)15)11-8(13)3-4-12-5-6-17-10(12)16/h7H,2-6H2,1H3,(H,11,13)(H,14,15). The zero-order valence-corrected chi connectivity index (χ0v) is 10.5. The highest BCUT2D eigenvalue weighted by molar-refractivity contribution is 8.13. The van der Waals surface area contributed by atoms with Crippen LogP contribution in [0.1, 0.15) is 19.8 Å². The number of aliphatic carboxylic acids is 1. The molecule has 0 aromatic heterocycles. The van der Waals surface area contributed by atoms with Crippen molar-refractivity contribution in [3.8, 4) is 0 Å². The van der Waals surface area contributed by atoms with E-state index in [2.05, 4.69) is 5.32 Å². The number of rotatable bonds is 6. The van der Waals surface area contributed by atoms with Crippen molar-refractivity contribution in [1.29, 1.82) is 0 Å². The van der Waals surface area contributed by atoms with E-state index in [-0.39, 0.29) is 17.6 Å². The average Bonchev–Trinajstić information content (AvgIpc) is 2.68. The Bertz CT molecular complexity index is 321. The topological polar surface area (TPSA) is 86.7 Å². The third-order valence-electron chi connectivity index (χ3n) is 2.50. The van der Waals surface area contributed by atoms with E-state index in [1.807, 2.05) is 0 Å². The van der Waals surface area contributed by atoms with Crippen LogP contribution in [-0.2, 0) is 9.59 Å². The van der Waals surface area contributed by atoms with Crippen molar-refractivity contribution >= 4 is 28.9 Å². The molecule has 1 fully saturated rings. The number of hydrogen-bond acceptors (Lipinski definition) is 4. The molecule has 0 bridgehead atoms. The molecule has 0 aromatic rings. The van der Waals surface area contributed by atoms with E-state index in [4.69, 9.17) is 5.11 Å². The first-order valence-electron chi connectivity index (χ1n) is 5.48. The Balaban J connectivity index is 2.29. The largest absolute Gasteiger partial charge is 0.480 e. The molecule has 1 aliphatic rings. The Morgan fingerprint density at radius 1 is 1.59 bits per heavy atom. The zero-order valence-electron chi connectivity index (χ0n) is 9.64. The lowest BCUT2D eigenvalue weighted by Crippen LogP contribution is -2.41. The molecule has 1 rings (SSSR count). The molecule has 96 valence electrons. The Kier molecular flexibility index (Phi) is 5.27. The molecule has 0 radical (unpaired) electrons. The lowest BCUT2D eigenvalue weighted by atomic mass is 10.2. The normalized spacial score (nSPS) is 17.0. The van der Waals surface area contributed by atoms with E-state index in [1.165, 1.54) is 11.8 Å². The molecule has 1 heterocycles. The van der Waals surface area contributed by atoms with Gasteiger partial charge in [-0.25, -0.2) is 4.79 Å². The quantitative estimate of drug-likeness (QED) is 0.727. The molecule has 7 heteroatoms. The van der Waals surface area contributed by atoms with Crippen LogP contribution < -0.4 is 5.32 Å². The minimum Gasteiger partial charge on any atom is -0.480 e. The third-order valence-corrected chi connectivity index (χ3v) is 3.39. The molecule has 1 atom stereocenters. The molecule has 2 amide bonds. The first-order valence-corrected chi connectivity index (χ1v) is 6.47. The second-order valence-corrected chi connectivity index (χ2v) is 4.76. The van der Waals surface area contributed by atoms with E-state index < -0.39 is 12.0 Å². The number of nitrogens with zero attached hydrogens (tertiary/aromatic N) is 1. The third kappa shape index (κ3) is 4.26. The number of amides is 2. The summed E-state index contributed by atoms with van der Waals surface area (Å²) in [7, 11) is 0. The van der Waals surface area contributed by atoms with Crippen LogP contribution in [0.15, 0.2) is 0 Å². The number of thioether (sulfide) groups is 1. The second-order valence-electron chi connectivity index (χ2n) is 3.72. The zero-order chi connectivity index (χ0) is 12.8. The Labute approximate surface area is 104 Å². The first kappa shape index (κ1) is 13.8. The van der Waals surface area contributed by atoms with Crippen LogP contribution in [0.25, 0.3) is 0 Å². The highest BCUT2D eigenvalue weighted by atomic mass is 32.2. The summed E-state index contributed by atoms with van der Waals surface area (Å²) in [5.74, 6) is -0.606. The van der Waals surface area contributed by atoms with Crippen molar-refractivity contribution in [1.82, 2.24) is 10.2 Å². The molecule has 6 nitrogen and oxygen atoms in total. The van der Waals surface area contributed by atoms with E-state index in [0.717, 1.165) is 5.75 Å². The molecule has 17 heavy (non-hydrogen) atoms. The fourth-order valence-electron chi connectivity index (χ4n) is 1.47. The van der Waals surface area contributed by atoms with Gasteiger partial charge in [-0.2, -0.15) is 0 Å². The number of carbonyl (C=O) groups excluding carboxylic acids is 2. The number of carboxylic acid groups (broad SMARTS) is 1. The van der Waals surface area contributed by atoms with Crippen LogP contribution in [0.2, 0.25) is 0 Å². The maximum atomic E-state index is 11.5. The van der Waals surface area contributed by atoms with Gasteiger partial charge in [0.2, 0.25) is 5.91 Å². The minimum atomic E-state index is -1.03. The van der Waals surface area contributed by atoms with Crippen molar-refractivity contribution in [3.05, 3.63) is 0 Å².